The Hall–Kier alpha value is -2.70. The van der Waals surface area contributed by atoms with Crippen LogP contribution in [0.3, 0.4) is 0 Å². The summed E-state index contributed by atoms with van der Waals surface area (Å²) in [6.07, 6.45) is 0.841. The average molecular weight is 304 g/mol. The van der Waals surface area contributed by atoms with Gasteiger partial charge in [0, 0.05) is 17.7 Å². The van der Waals surface area contributed by atoms with Crippen molar-refractivity contribution < 1.29 is 23.6 Å². The van der Waals surface area contributed by atoms with Crippen LogP contribution in [0.25, 0.3) is 11.3 Å². The van der Waals surface area contributed by atoms with Gasteiger partial charge in [0.05, 0.1) is 5.92 Å². The van der Waals surface area contributed by atoms with Crippen LogP contribution in [0, 0.1) is 11.7 Å². The smallest absolute Gasteiger partial charge is 0.306 e. The third-order valence-electron chi connectivity index (χ3n) is 3.69. The molecule has 6 nitrogen and oxygen atoms in total. The molecule has 1 saturated carbocycles. The highest BCUT2D eigenvalue weighted by atomic mass is 19.1. The van der Waals surface area contributed by atoms with Crippen molar-refractivity contribution >= 4 is 11.9 Å². The molecular formula is C15H13FN2O4. The number of carboxylic acid groups (broad SMARTS) is 1. The van der Waals surface area contributed by atoms with Crippen molar-refractivity contribution in [3.63, 3.8) is 0 Å². The summed E-state index contributed by atoms with van der Waals surface area (Å²) in [4.78, 5) is 22.7. The first-order valence-corrected chi connectivity index (χ1v) is 6.79. The number of nitrogens with zero attached hydrogens (tertiary/aromatic N) is 1. The fourth-order valence-electron chi connectivity index (χ4n) is 2.33. The molecule has 1 aromatic carbocycles. The van der Waals surface area contributed by atoms with E-state index in [1.807, 2.05) is 0 Å². The van der Waals surface area contributed by atoms with Gasteiger partial charge in [0.25, 0.3) is 5.91 Å². The predicted molar refractivity (Wildman–Crippen MR) is 73.5 cm³/mol. The van der Waals surface area contributed by atoms with Gasteiger partial charge in [-0.15, -0.1) is 0 Å². The lowest BCUT2D eigenvalue weighted by Crippen LogP contribution is -2.46. The molecular weight excluding hydrogens is 291 g/mol. The Balaban J connectivity index is 1.63. The van der Waals surface area contributed by atoms with Crippen LogP contribution in [-0.4, -0.2) is 28.2 Å². The second kappa shape index (κ2) is 5.59. The molecule has 0 unspecified atom stereocenters. The fourth-order valence-corrected chi connectivity index (χ4v) is 2.33. The number of aromatic nitrogens is 1. The molecule has 1 heterocycles. The molecule has 3 rings (SSSR count). The van der Waals surface area contributed by atoms with E-state index >= 15 is 0 Å². The molecule has 0 bridgehead atoms. The number of hydrogen-bond acceptors (Lipinski definition) is 4. The second-order valence-corrected chi connectivity index (χ2v) is 5.26. The summed E-state index contributed by atoms with van der Waals surface area (Å²) in [6.45, 7) is 0. The van der Waals surface area contributed by atoms with E-state index in [0.29, 0.717) is 24.2 Å². The van der Waals surface area contributed by atoms with Gasteiger partial charge in [-0.2, -0.15) is 0 Å². The van der Waals surface area contributed by atoms with Crippen LogP contribution in [0.4, 0.5) is 4.39 Å². The van der Waals surface area contributed by atoms with E-state index in [1.54, 1.807) is 0 Å². The van der Waals surface area contributed by atoms with Crippen LogP contribution >= 0.6 is 0 Å². The number of aliphatic carboxylic acids is 1. The number of hydrogen-bond donors (Lipinski definition) is 2. The molecule has 1 aromatic heterocycles. The van der Waals surface area contributed by atoms with Crippen LogP contribution in [0.2, 0.25) is 0 Å². The Bertz CT molecular complexity index is 705. The first kappa shape index (κ1) is 14.2. The molecule has 1 aliphatic carbocycles. The molecule has 0 spiro atoms. The van der Waals surface area contributed by atoms with Gasteiger partial charge in [0.2, 0.25) is 0 Å². The highest BCUT2D eigenvalue weighted by Crippen LogP contribution is 2.28. The van der Waals surface area contributed by atoms with E-state index in [-0.39, 0.29) is 17.6 Å². The molecule has 1 amide bonds. The Morgan fingerprint density at radius 3 is 2.59 bits per heavy atom. The molecule has 0 radical (unpaired) electrons. The average Bonchev–Trinajstić information content (AvgIpc) is 2.92. The van der Waals surface area contributed by atoms with Gasteiger partial charge in [-0.3, -0.25) is 9.59 Å². The van der Waals surface area contributed by atoms with E-state index < -0.39 is 17.8 Å². The van der Waals surface area contributed by atoms with E-state index in [2.05, 4.69) is 10.5 Å². The van der Waals surface area contributed by atoms with Crippen molar-refractivity contribution in [1.82, 2.24) is 10.5 Å². The predicted octanol–water partition coefficient (Wildman–Crippen LogP) is 2.07. The van der Waals surface area contributed by atoms with E-state index in [9.17, 15) is 14.0 Å². The van der Waals surface area contributed by atoms with E-state index in [1.165, 1.54) is 30.3 Å². The molecule has 22 heavy (non-hydrogen) atoms. The first-order chi connectivity index (χ1) is 10.5. The second-order valence-electron chi connectivity index (χ2n) is 5.26. The van der Waals surface area contributed by atoms with Crippen LogP contribution < -0.4 is 5.32 Å². The van der Waals surface area contributed by atoms with Gasteiger partial charge < -0.3 is 14.9 Å². The summed E-state index contributed by atoms with van der Waals surface area (Å²) in [6, 6.07) is 6.95. The Morgan fingerprint density at radius 2 is 1.95 bits per heavy atom. The van der Waals surface area contributed by atoms with Gasteiger partial charge in [0.1, 0.15) is 5.82 Å². The lowest BCUT2D eigenvalue weighted by molar-refractivity contribution is -0.145. The van der Waals surface area contributed by atoms with Crippen LogP contribution in [0.1, 0.15) is 23.3 Å². The molecule has 1 aliphatic rings. The van der Waals surface area contributed by atoms with Crippen LogP contribution in [0.5, 0.6) is 0 Å². The van der Waals surface area contributed by atoms with Gasteiger partial charge in [-0.05, 0) is 37.1 Å². The Kier molecular flexibility index (Phi) is 3.62. The van der Waals surface area contributed by atoms with Crippen molar-refractivity contribution in [2.24, 2.45) is 5.92 Å². The number of nitrogens with one attached hydrogen (secondary N) is 1. The quantitative estimate of drug-likeness (QED) is 0.902. The number of carbonyl (C=O) groups is 2. The van der Waals surface area contributed by atoms with Gasteiger partial charge in [-0.25, -0.2) is 4.39 Å². The maximum absolute atomic E-state index is 12.9. The zero-order valence-corrected chi connectivity index (χ0v) is 11.5. The van der Waals surface area contributed by atoms with Crippen molar-refractivity contribution in [1.29, 1.82) is 0 Å². The van der Waals surface area contributed by atoms with E-state index in [0.717, 1.165) is 0 Å². The minimum atomic E-state index is -0.842. The van der Waals surface area contributed by atoms with Crippen molar-refractivity contribution in [3.8, 4) is 11.3 Å². The highest BCUT2D eigenvalue weighted by molar-refractivity contribution is 5.93. The number of benzene rings is 1. The first-order valence-electron chi connectivity index (χ1n) is 6.79. The molecule has 0 aliphatic heterocycles. The molecule has 0 atom stereocenters. The number of carboxylic acids is 1. The lowest BCUT2D eigenvalue weighted by atomic mass is 9.80. The van der Waals surface area contributed by atoms with Gasteiger partial charge >= 0.3 is 5.97 Å². The topological polar surface area (TPSA) is 92.4 Å². The number of halogens is 1. The number of amides is 1. The van der Waals surface area contributed by atoms with Crippen molar-refractivity contribution in [2.45, 2.75) is 18.9 Å². The summed E-state index contributed by atoms with van der Waals surface area (Å²) in [5, 5.41) is 15.2. The number of carbonyl (C=O) groups excluding carboxylic acids is 1. The largest absolute Gasteiger partial charge is 0.481 e. The summed E-state index contributed by atoms with van der Waals surface area (Å²) in [7, 11) is 0. The molecule has 2 aromatic rings. The van der Waals surface area contributed by atoms with Crippen molar-refractivity contribution in [2.75, 3.05) is 0 Å². The highest BCUT2D eigenvalue weighted by Gasteiger charge is 2.35. The minimum Gasteiger partial charge on any atom is -0.481 e. The number of rotatable bonds is 4. The Morgan fingerprint density at radius 1 is 1.27 bits per heavy atom. The fraction of sp³-hybridized carbons (Fsp3) is 0.267. The van der Waals surface area contributed by atoms with Crippen LogP contribution in [0.15, 0.2) is 34.9 Å². The van der Waals surface area contributed by atoms with Crippen molar-refractivity contribution in [3.05, 3.63) is 41.8 Å². The molecule has 0 saturated heterocycles. The lowest BCUT2D eigenvalue weighted by Gasteiger charge is -2.32. The molecule has 1 fully saturated rings. The van der Waals surface area contributed by atoms with Gasteiger partial charge in [0.15, 0.2) is 11.5 Å². The molecule has 7 heteroatoms. The summed E-state index contributed by atoms with van der Waals surface area (Å²) in [5.41, 5.74) is 0.723. The third-order valence-corrected chi connectivity index (χ3v) is 3.69. The third kappa shape index (κ3) is 2.83. The summed E-state index contributed by atoms with van der Waals surface area (Å²) >= 11 is 0. The maximum atomic E-state index is 12.9. The van der Waals surface area contributed by atoms with Crippen LogP contribution in [-0.2, 0) is 4.79 Å². The minimum absolute atomic E-state index is 0.109. The van der Waals surface area contributed by atoms with E-state index in [4.69, 9.17) is 9.63 Å². The standard InChI is InChI=1S/C15H13FN2O4/c16-10-3-1-8(2-4-10)13-7-12(18-22-13)14(19)17-11-5-9(6-11)15(20)21/h1-4,7,9,11H,5-6H2,(H,17,19)(H,20,21). The maximum Gasteiger partial charge on any atom is 0.306 e. The zero-order chi connectivity index (χ0) is 15.7. The molecule has 114 valence electrons. The summed E-state index contributed by atoms with van der Waals surface area (Å²) in [5.74, 6) is -1.64. The normalized spacial score (nSPS) is 20.2. The summed E-state index contributed by atoms with van der Waals surface area (Å²) < 4.78 is 17.9. The monoisotopic (exact) mass is 304 g/mol. The Labute approximate surface area is 124 Å². The SMILES string of the molecule is O=C(NC1CC(C(=O)O)C1)c1cc(-c2ccc(F)cc2)on1. The van der Waals surface area contributed by atoms with Gasteiger partial charge in [-0.1, -0.05) is 5.16 Å². The zero-order valence-electron chi connectivity index (χ0n) is 11.5. The molecule has 2 N–H and O–H groups in total.